The first-order chi connectivity index (χ1) is 6.61. The van der Waals surface area contributed by atoms with Gasteiger partial charge in [-0.2, -0.15) is 5.26 Å². The van der Waals surface area contributed by atoms with E-state index in [-0.39, 0.29) is 16.7 Å². The average molecular weight is 319 g/mol. The highest BCUT2D eigenvalue weighted by Gasteiger charge is 2.15. The van der Waals surface area contributed by atoms with Crippen LogP contribution in [0.2, 0.25) is 0 Å². The number of carbonyl (C=O) groups is 2. The zero-order chi connectivity index (χ0) is 10.7. The molecule has 0 atom stereocenters. The Hall–Kier alpha value is -0.930. The first-order valence-electron chi connectivity index (χ1n) is 3.49. The standard InChI is InChI=1S/C9H3ClINO2/c10-9(14)5-1-2-8(11)7(4-13)6(5)3-12/h1-2,4H. The molecule has 0 unspecified atom stereocenters. The van der Waals surface area contributed by atoms with Gasteiger partial charge in [0, 0.05) is 9.13 Å². The summed E-state index contributed by atoms with van der Waals surface area (Å²) in [5, 5.41) is 8.05. The number of benzene rings is 1. The van der Waals surface area contributed by atoms with Gasteiger partial charge in [0.1, 0.15) is 6.07 Å². The molecule has 0 spiro atoms. The quantitative estimate of drug-likeness (QED) is 0.478. The van der Waals surface area contributed by atoms with E-state index in [1.54, 1.807) is 12.1 Å². The molecule has 0 saturated heterocycles. The van der Waals surface area contributed by atoms with Gasteiger partial charge in [-0.25, -0.2) is 0 Å². The van der Waals surface area contributed by atoms with Crippen LogP contribution >= 0.6 is 34.2 Å². The lowest BCUT2D eigenvalue weighted by Gasteiger charge is -2.02. The van der Waals surface area contributed by atoms with Crippen LogP contribution in [0.5, 0.6) is 0 Å². The van der Waals surface area contributed by atoms with Crippen molar-refractivity contribution < 1.29 is 9.59 Å². The second-order valence-corrected chi connectivity index (χ2v) is 3.89. The van der Waals surface area contributed by atoms with E-state index < -0.39 is 5.24 Å². The largest absolute Gasteiger partial charge is 0.298 e. The van der Waals surface area contributed by atoms with Gasteiger partial charge in [-0.05, 0) is 46.3 Å². The average Bonchev–Trinajstić information content (AvgIpc) is 2.16. The zero-order valence-corrected chi connectivity index (χ0v) is 9.67. The van der Waals surface area contributed by atoms with Gasteiger partial charge in [0.15, 0.2) is 6.29 Å². The van der Waals surface area contributed by atoms with Gasteiger partial charge < -0.3 is 0 Å². The molecule has 5 heteroatoms. The van der Waals surface area contributed by atoms with Gasteiger partial charge in [0.05, 0.1) is 11.1 Å². The molecule has 14 heavy (non-hydrogen) atoms. The number of nitriles is 1. The third kappa shape index (κ3) is 1.94. The Bertz CT molecular complexity index is 451. The summed E-state index contributed by atoms with van der Waals surface area (Å²) in [6, 6.07) is 4.80. The molecule has 0 aliphatic carbocycles. The van der Waals surface area contributed by atoms with Crippen molar-refractivity contribution in [2.45, 2.75) is 0 Å². The maximum absolute atomic E-state index is 10.9. The fourth-order valence-corrected chi connectivity index (χ4v) is 1.73. The molecule has 0 aliphatic rings. The summed E-state index contributed by atoms with van der Waals surface area (Å²) in [6.07, 6.45) is 0.545. The maximum atomic E-state index is 10.9. The molecule has 0 bridgehead atoms. The number of aldehydes is 1. The molecular weight excluding hydrogens is 316 g/mol. The van der Waals surface area contributed by atoms with Crippen LogP contribution in [-0.2, 0) is 0 Å². The van der Waals surface area contributed by atoms with Crippen molar-refractivity contribution in [2.24, 2.45) is 0 Å². The molecule has 0 radical (unpaired) electrons. The van der Waals surface area contributed by atoms with Crippen LogP contribution in [0, 0.1) is 14.9 Å². The lowest BCUT2D eigenvalue weighted by molar-refractivity contribution is 0.108. The van der Waals surface area contributed by atoms with E-state index in [2.05, 4.69) is 0 Å². The van der Waals surface area contributed by atoms with Gasteiger partial charge >= 0.3 is 0 Å². The molecular formula is C9H3ClINO2. The Balaban J connectivity index is 3.58. The summed E-state index contributed by atoms with van der Waals surface area (Å²) in [4.78, 5) is 21.6. The van der Waals surface area contributed by atoms with Gasteiger partial charge in [-0.3, -0.25) is 9.59 Å². The number of hydrogen-bond acceptors (Lipinski definition) is 3. The Morgan fingerprint density at radius 3 is 2.64 bits per heavy atom. The molecule has 0 aromatic heterocycles. The van der Waals surface area contributed by atoms with Crippen LogP contribution in [0.4, 0.5) is 0 Å². The number of carbonyl (C=O) groups excluding carboxylic acids is 2. The van der Waals surface area contributed by atoms with E-state index in [0.29, 0.717) is 9.86 Å². The van der Waals surface area contributed by atoms with E-state index in [4.69, 9.17) is 16.9 Å². The van der Waals surface area contributed by atoms with Crippen molar-refractivity contribution in [3.63, 3.8) is 0 Å². The molecule has 1 aromatic rings. The van der Waals surface area contributed by atoms with E-state index in [0.717, 1.165) is 0 Å². The van der Waals surface area contributed by atoms with Crippen LogP contribution in [-0.4, -0.2) is 11.5 Å². The molecule has 70 valence electrons. The topological polar surface area (TPSA) is 57.9 Å². The fraction of sp³-hybridized carbons (Fsp3) is 0. The maximum Gasteiger partial charge on any atom is 0.253 e. The van der Waals surface area contributed by atoms with E-state index in [1.165, 1.54) is 6.07 Å². The summed E-state index contributed by atoms with van der Waals surface area (Å²) in [6.45, 7) is 0. The molecule has 0 fully saturated rings. The highest BCUT2D eigenvalue weighted by atomic mass is 127. The first-order valence-corrected chi connectivity index (χ1v) is 4.95. The summed E-state index contributed by atoms with van der Waals surface area (Å²) in [5.41, 5.74) is 0.309. The van der Waals surface area contributed by atoms with Crippen LogP contribution < -0.4 is 0 Å². The molecule has 0 N–H and O–H groups in total. The summed E-state index contributed by atoms with van der Waals surface area (Å²) >= 11 is 7.17. The molecule has 0 amide bonds. The molecule has 0 saturated carbocycles. The predicted octanol–water partition coefficient (Wildman–Crippen LogP) is 2.35. The van der Waals surface area contributed by atoms with E-state index in [1.807, 2.05) is 22.6 Å². The van der Waals surface area contributed by atoms with Gasteiger partial charge in [-0.1, -0.05) is 0 Å². The van der Waals surface area contributed by atoms with Gasteiger partial charge in [0.25, 0.3) is 5.24 Å². The zero-order valence-electron chi connectivity index (χ0n) is 6.75. The molecule has 0 aliphatic heterocycles. The second-order valence-electron chi connectivity index (χ2n) is 2.39. The van der Waals surface area contributed by atoms with Crippen molar-refractivity contribution in [1.29, 1.82) is 5.26 Å². The third-order valence-electron chi connectivity index (χ3n) is 1.63. The molecule has 3 nitrogen and oxygen atoms in total. The van der Waals surface area contributed by atoms with Crippen LogP contribution in [0.15, 0.2) is 12.1 Å². The third-order valence-corrected chi connectivity index (χ3v) is 2.78. The predicted molar refractivity (Wildman–Crippen MR) is 59.4 cm³/mol. The van der Waals surface area contributed by atoms with Crippen molar-refractivity contribution in [2.75, 3.05) is 0 Å². The Morgan fingerprint density at radius 2 is 2.21 bits per heavy atom. The summed E-state index contributed by atoms with van der Waals surface area (Å²) in [5.74, 6) is 0. The lowest BCUT2D eigenvalue weighted by Crippen LogP contribution is -2.01. The number of halogens is 2. The highest BCUT2D eigenvalue weighted by Crippen LogP contribution is 2.20. The minimum atomic E-state index is -0.735. The normalized spacial score (nSPS) is 9.21. The Labute approximate surface area is 98.8 Å². The fourth-order valence-electron chi connectivity index (χ4n) is 0.994. The number of hydrogen-bond donors (Lipinski definition) is 0. The number of nitrogens with zero attached hydrogens (tertiary/aromatic N) is 1. The van der Waals surface area contributed by atoms with Crippen molar-refractivity contribution in [3.8, 4) is 6.07 Å². The van der Waals surface area contributed by atoms with Crippen LogP contribution in [0.25, 0.3) is 0 Å². The van der Waals surface area contributed by atoms with E-state index >= 15 is 0 Å². The SMILES string of the molecule is N#Cc1c(C(=O)Cl)ccc(I)c1C=O. The minimum Gasteiger partial charge on any atom is -0.298 e. The first kappa shape index (κ1) is 11.1. The monoisotopic (exact) mass is 319 g/mol. The smallest absolute Gasteiger partial charge is 0.253 e. The molecule has 1 aromatic carbocycles. The highest BCUT2D eigenvalue weighted by molar-refractivity contribution is 14.1. The van der Waals surface area contributed by atoms with Crippen molar-refractivity contribution in [1.82, 2.24) is 0 Å². The van der Waals surface area contributed by atoms with E-state index in [9.17, 15) is 9.59 Å². The lowest BCUT2D eigenvalue weighted by atomic mass is 10.0. The Kier molecular flexibility index (Phi) is 3.61. The van der Waals surface area contributed by atoms with Gasteiger partial charge in [-0.15, -0.1) is 0 Å². The summed E-state index contributed by atoms with van der Waals surface area (Å²) in [7, 11) is 0. The van der Waals surface area contributed by atoms with Crippen LogP contribution in [0.1, 0.15) is 26.3 Å². The second kappa shape index (κ2) is 4.53. The minimum absolute atomic E-state index is 0.0342. The Morgan fingerprint density at radius 1 is 1.57 bits per heavy atom. The van der Waals surface area contributed by atoms with Crippen molar-refractivity contribution >= 4 is 45.7 Å². The van der Waals surface area contributed by atoms with Crippen LogP contribution in [0.3, 0.4) is 0 Å². The summed E-state index contributed by atoms with van der Waals surface area (Å²) < 4.78 is 0.621. The molecule has 0 heterocycles. The van der Waals surface area contributed by atoms with Gasteiger partial charge in [0.2, 0.25) is 0 Å². The van der Waals surface area contributed by atoms with Crippen molar-refractivity contribution in [3.05, 3.63) is 32.4 Å². The number of rotatable bonds is 2. The molecule has 1 rings (SSSR count).